The number of nitrogens with one attached hydrogen (secondary N) is 2. The fourth-order valence-corrected chi connectivity index (χ4v) is 4.35. The predicted molar refractivity (Wildman–Crippen MR) is 122 cm³/mol. The van der Waals surface area contributed by atoms with E-state index in [1.54, 1.807) is 25.3 Å². The highest BCUT2D eigenvalue weighted by molar-refractivity contribution is 7.14. The van der Waals surface area contributed by atoms with Crippen molar-refractivity contribution < 1.29 is 22.7 Å². The van der Waals surface area contributed by atoms with Crippen LogP contribution in [0.3, 0.4) is 0 Å². The van der Waals surface area contributed by atoms with Crippen LogP contribution in [0.2, 0.25) is 0 Å². The number of ether oxygens (including phenoxy) is 1. The Balaban J connectivity index is 1.56. The molecule has 0 spiro atoms. The number of alkyl halides is 3. The SMILES string of the molecule is Cc1cnc(-c2cc(OC3CCNCC3)cc(C(=O)NC(C)c3ccc(C(F)(F)F)nn3)c2)s1. The molecule has 1 aliphatic rings. The first kappa shape index (κ1) is 24.1. The molecule has 4 rings (SSSR count). The maximum absolute atomic E-state index is 13.1. The van der Waals surface area contributed by atoms with Crippen LogP contribution in [0.5, 0.6) is 5.75 Å². The minimum Gasteiger partial charge on any atom is -0.490 e. The number of thiazole rings is 1. The minimum absolute atomic E-state index is 0.0480. The third-order valence-electron chi connectivity index (χ3n) is 5.39. The molecule has 1 unspecified atom stereocenters. The molecule has 0 radical (unpaired) electrons. The molecule has 0 bridgehead atoms. The van der Waals surface area contributed by atoms with Crippen LogP contribution in [-0.2, 0) is 6.18 Å². The van der Waals surface area contributed by atoms with Gasteiger partial charge in [0.05, 0.1) is 11.7 Å². The second kappa shape index (κ2) is 10.1. The van der Waals surface area contributed by atoms with E-state index in [0.717, 1.165) is 47.4 Å². The van der Waals surface area contributed by atoms with Crippen LogP contribution in [0.1, 0.15) is 52.4 Å². The Morgan fingerprint density at radius 1 is 1.21 bits per heavy atom. The summed E-state index contributed by atoms with van der Waals surface area (Å²) in [6.45, 7) is 5.33. The molecule has 1 aliphatic heterocycles. The van der Waals surface area contributed by atoms with Crippen molar-refractivity contribution in [2.75, 3.05) is 13.1 Å². The highest BCUT2D eigenvalue weighted by atomic mass is 32.1. The van der Waals surface area contributed by atoms with Crippen LogP contribution in [0.4, 0.5) is 13.2 Å². The molecule has 180 valence electrons. The molecule has 0 aliphatic carbocycles. The lowest BCUT2D eigenvalue weighted by Gasteiger charge is -2.24. The van der Waals surface area contributed by atoms with Gasteiger partial charge in [-0.1, -0.05) is 0 Å². The topological polar surface area (TPSA) is 89.0 Å². The first-order valence-corrected chi connectivity index (χ1v) is 11.7. The van der Waals surface area contributed by atoms with E-state index in [9.17, 15) is 18.0 Å². The summed E-state index contributed by atoms with van der Waals surface area (Å²) < 4.78 is 44.4. The monoisotopic (exact) mass is 491 g/mol. The number of carbonyl (C=O) groups is 1. The molecule has 1 fully saturated rings. The molecule has 7 nitrogen and oxygen atoms in total. The molecule has 2 aromatic heterocycles. The largest absolute Gasteiger partial charge is 0.490 e. The Bertz CT molecular complexity index is 1140. The van der Waals surface area contributed by atoms with Crippen molar-refractivity contribution in [2.24, 2.45) is 0 Å². The predicted octanol–water partition coefficient (Wildman–Crippen LogP) is 4.55. The standard InChI is InChI=1S/C23H24F3N5O2S/c1-13-12-28-22(34-13)16-9-15(10-18(11-16)33-17-5-7-27-8-6-17)21(32)29-14(2)19-3-4-20(31-30-19)23(24,25)26/h3-4,9-12,14,17,27H,5-8H2,1-2H3,(H,29,32). The van der Waals surface area contributed by atoms with Crippen molar-refractivity contribution in [2.45, 2.75) is 45.0 Å². The zero-order valence-corrected chi connectivity index (χ0v) is 19.5. The van der Waals surface area contributed by atoms with Crippen molar-refractivity contribution in [3.05, 3.63) is 58.4 Å². The second-order valence-electron chi connectivity index (χ2n) is 8.13. The number of aromatic nitrogens is 3. The van der Waals surface area contributed by atoms with Gasteiger partial charge in [-0.05, 0) is 70.1 Å². The Labute approximate surface area is 198 Å². The van der Waals surface area contributed by atoms with E-state index in [1.807, 2.05) is 13.0 Å². The molecule has 1 amide bonds. The van der Waals surface area contributed by atoms with Gasteiger partial charge in [-0.15, -0.1) is 16.4 Å². The van der Waals surface area contributed by atoms with Gasteiger partial charge in [-0.25, -0.2) is 4.98 Å². The Morgan fingerprint density at radius 3 is 2.59 bits per heavy atom. The summed E-state index contributed by atoms with van der Waals surface area (Å²) in [4.78, 5) is 18.5. The summed E-state index contributed by atoms with van der Waals surface area (Å²) >= 11 is 1.51. The van der Waals surface area contributed by atoms with Crippen molar-refractivity contribution in [3.63, 3.8) is 0 Å². The number of amides is 1. The van der Waals surface area contributed by atoms with E-state index in [1.165, 1.54) is 17.4 Å². The van der Waals surface area contributed by atoms with Crippen molar-refractivity contribution in [3.8, 4) is 16.3 Å². The van der Waals surface area contributed by atoms with E-state index in [2.05, 4.69) is 25.8 Å². The number of halogens is 3. The summed E-state index contributed by atoms with van der Waals surface area (Å²) in [6, 6.07) is 6.69. The number of hydrogen-bond acceptors (Lipinski definition) is 7. The maximum atomic E-state index is 13.1. The molecule has 3 heterocycles. The smallest absolute Gasteiger partial charge is 0.435 e. The molecule has 1 aromatic carbocycles. The summed E-state index contributed by atoms with van der Waals surface area (Å²) in [7, 11) is 0. The molecular weight excluding hydrogens is 467 g/mol. The van der Waals surface area contributed by atoms with Crippen LogP contribution < -0.4 is 15.4 Å². The Hall–Kier alpha value is -3.05. The highest BCUT2D eigenvalue weighted by Crippen LogP contribution is 2.31. The fourth-order valence-electron chi connectivity index (χ4n) is 3.59. The molecule has 0 saturated carbocycles. The number of rotatable bonds is 6. The molecule has 2 N–H and O–H groups in total. The fraction of sp³-hybridized carbons (Fsp3) is 0.391. The highest BCUT2D eigenvalue weighted by Gasteiger charge is 2.33. The van der Waals surface area contributed by atoms with Crippen LogP contribution in [0.25, 0.3) is 10.6 Å². The first-order valence-electron chi connectivity index (χ1n) is 10.9. The second-order valence-corrected chi connectivity index (χ2v) is 9.36. The van der Waals surface area contributed by atoms with Crippen LogP contribution in [0, 0.1) is 6.92 Å². The average molecular weight is 492 g/mol. The van der Waals surface area contributed by atoms with E-state index < -0.39 is 23.8 Å². The third kappa shape index (κ3) is 5.89. The van der Waals surface area contributed by atoms with Gasteiger partial charge >= 0.3 is 6.18 Å². The van der Waals surface area contributed by atoms with Crippen molar-refractivity contribution in [1.82, 2.24) is 25.8 Å². The van der Waals surface area contributed by atoms with E-state index in [4.69, 9.17) is 4.74 Å². The van der Waals surface area contributed by atoms with E-state index in [0.29, 0.717) is 11.3 Å². The third-order valence-corrected chi connectivity index (χ3v) is 6.35. The Morgan fingerprint density at radius 2 is 1.97 bits per heavy atom. The van der Waals surface area contributed by atoms with Gasteiger partial charge in [0.15, 0.2) is 5.69 Å². The number of benzene rings is 1. The molecule has 3 aromatic rings. The van der Waals surface area contributed by atoms with E-state index in [-0.39, 0.29) is 11.8 Å². The number of hydrogen-bond donors (Lipinski definition) is 2. The van der Waals surface area contributed by atoms with Gasteiger partial charge < -0.3 is 15.4 Å². The van der Waals surface area contributed by atoms with Gasteiger partial charge in [0.25, 0.3) is 5.91 Å². The molecule has 1 saturated heterocycles. The Kier molecular flexibility index (Phi) is 7.13. The summed E-state index contributed by atoms with van der Waals surface area (Å²) in [5, 5.41) is 13.7. The lowest BCUT2D eigenvalue weighted by molar-refractivity contribution is -0.141. The normalized spacial score (nSPS) is 15.7. The number of aryl methyl sites for hydroxylation is 1. The molecule has 1 atom stereocenters. The molecular formula is C23H24F3N5O2S. The minimum atomic E-state index is -4.57. The van der Waals surface area contributed by atoms with Gasteiger partial charge in [-0.3, -0.25) is 4.79 Å². The lowest BCUT2D eigenvalue weighted by Crippen LogP contribution is -2.34. The maximum Gasteiger partial charge on any atom is 0.435 e. The van der Waals surface area contributed by atoms with Crippen LogP contribution >= 0.6 is 11.3 Å². The number of carbonyl (C=O) groups excluding carboxylic acids is 1. The zero-order chi connectivity index (χ0) is 24.3. The number of piperidine rings is 1. The number of nitrogens with zero attached hydrogens (tertiary/aromatic N) is 3. The lowest BCUT2D eigenvalue weighted by atomic mass is 10.1. The van der Waals surface area contributed by atoms with Gasteiger partial charge in [0.1, 0.15) is 16.9 Å². The van der Waals surface area contributed by atoms with Gasteiger partial charge in [-0.2, -0.15) is 18.3 Å². The quantitative estimate of drug-likeness (QED) is 0.526. The average Bonchev–Trinajstić information content (AvgIpc) is 3.25. The molecule has 34 heavy (non-hydrogen) atoms. The summed E-state index contributed by atoms with van der Waals surface area (Å²) in [5.74, 6) is 0.170. The molecule has 11 heteroatoms. The van der Waals surface area contributed by atoms with E-state index >= 15 is 0 Å². The van der Waals surface area contributed by atoms with Crippen LogP contribution in [0.15, 0.2) is 36.5 Å². The van der Waals surface area contributed by atoms with Crippen LogP contribution in [-0.4, -0.2) is 40.3 Å². The van der Waals surface area contributed by atoms with Gasteiger partial charge in [0.2, 0.25) is 0 Å². The zero-order valence-electron chi connectivity index (χ0n) is 18.6. The van der Waals surface area contributed by atoms with Crippen molar-refractivity contribution in [1.29, 1.82) is 0 Å². The first-order chi connectivity index (χ1) is 16.2. The summed E-state index contributed by atoms with van der Waals surface area (Å²) in [5.41, 5.74) is 0.262. The summed E-state index contributed by atoms with van der Waals surface area (Å²) in [6.07, 6.45) is -1.02. The van der Waals surface area contributed by atoms with Gasteiger partial charge in [0, 0.05) is 22.2 Å². The van der Waals surface area contributed by atoms with Crippen molar-refractivity contribution >= 4 is 17.2 Å².